The number of halogens is 3. The molecule has 0 radical (unpaired) electrons. The first kappa shape index (κ1) is 15.7. The van der Waals surface area contributed by atoms with Gasteiger partial charge in [0.1, 0.15) is 5.02 Å². The van der Waals surface area contributed by atoms with Gasteiger partial charge in [-0.25, -0.2) is 9.78 Å². The lowest BCUT2D eigenvalue weighted by Gasteiger charge is -2.21. The van der Waals surface area contributed by atoms with Crippen LogP contribution in [0.3, 0.4) is 0 Å². The molecule has 1 aliphatic rings. The molecule has 0 unspecified atom stereocenters. The number of aromatic nitrogens is 1. The maximum Gasteiger partial charge on any atom is 0.358 e. The highest BCUT2D eigenvalue weighted by Crippen LogP contribution is 2.34. The van der Waals surface area contributed by atoms with Crippen LogP contribution in [0.4, 0.5) is 5.69 Å². The topological polar surface area (TPSA) is 65.2 Å². The summed E-state index contributed by atoms with van der Waals surface area (Å²) < 4.78 is 5.26. The molecule has 4 nitrogen and oxygen atoms in total. The van der Waals surface area contributed by atoms with Gasteiger partial charge in [-0.1, -0.05) is 54.1 Å². The molecule has 0 aromatic carbocycles. The van der Waals surface area contributed by atoms with Gasteiger partial charge in [0.15, 0.2) is 10.8 Å². The van der Waals surface area contributed by atoms with E-state index in [4.69, 9.17) is 45.3 Å². The highest BCUT2D eigenvalue weighted by atomic mass is 35.5. The van der Waals surface area contributed by atoms with E-state index in [1.54, 1.807) is 0 Å². The van der Waals surface area contributed by atoms with Gasteiger partial charge < -0.3 is 10.5 Å². The molecular formula is C13H15Cl3N2O2. The van der Waals surface area contributed by atoms with Crippen molar-refractivity contribution in [2.75, 3.05) is 12.3 Å². The fourth-order valence-corrected chi connectivity index (χ4v) is 2.87. The van der Waals surface area contributed by atoms with Gasteiger partial charge in [0.25, 0.3) is 0 Å². The van der Waals surface area contributed by atoms with E-state index in [0.29, 0.717) is 12.5 Å². The Hall–Kier alpha value is -0.710. The van der Waals surface area contributed by atoms with Crippen molar-refractivity contribution in [3.8, 4) is 0 Å². The average Bonchev–Trinajstić information content (AvgIpc) is 2.47. The van der Waals surface area contributed by atoms with E-state index >= 15 is 0 Å². The van der Waals surface area contributed by atoms with Crippen LogP contribution in [0.25, 0.3) is 0 Å². The molecule has 2 rings (SSSR count). The van der Waals surface area contributed by atoms with Crippen molar-refractivity contribution in [2.45, 2.75) is 32.1 Å². The second-order valence-electron chi connectivity index (χ2n) is 4.90. The summed E-state index contributed by atoms with van der Waals surface area (Å²) in [5.41, 5.74) is 5.62. The Morgan fingerprint density at radius 2 is 1.85 bits per heavy atom. The van der Waals surface area contributed by atoms with Crippen LogP contribution in [-0.2, 0) is 4.74 Å². The average molecular weight is 338 g/mol. The lowest BCUT2D eigenvalue weighted by Crippen LogP contribution is -2.18. The quantitative estimate of drug-likeness (QED) is 0.657. The van der Waals surface area contributed by atoms with Crippen LogP contribution in [-0.4, -0.2) is 17.6 Å². The molecule has 1 fully saturated rings. The maximum atomic E-state index is 12.0. The SMILES string of the molecule is Nc1c(Cl)c(Cl)nc(C(=O)OCC2CCCCC2)c1Cl. The van der Waals surface area contributed by atoms with Gasteiger partial charge in [-0.2, -0.15) is 0 Å². The maximum absolute atomic E-state index is 12.0. The van der Waals surface area contributed by atoms with Gasteiger partial charge in [0.2, 0.25) is 0 Å². The third-order valence-electron chi connectivity index (χ3n) is 3.44. The number of hydrogen-bond donors (Lipinski definition) is 1. The summed E-state index contributed by atoms with van der Waals surface area (Å²) in [6.45, 7) is 0.372. The molecule has 0 aliphatic heterocycles. The summed E-state index contributed by atoms with van der Waals surface area (Å²) in [6.07, 6.45) is 5.78. The Morgan fingerprint density at radius 1 is 1.20 bits per heavy atom. The molecule has 1 saturated carbocycles. The van der Waals surface area contributed by atoms with E-state index in [-0.39, 0.29) is 26.6 Å². The summed E-state index contributed by atoms with van der Waals surface area (Å²) in [4.78, 5) is 15.8. The number of rotatable bonds is 3. The van der Waals surface area contributed by atoms with Crippen molar-refractivity contribution in [3.63, 3.8) is 0 Å². The van der Waals surface area contributed by atoms with Gasteiger partial charge in [0.05, 0.1) is 17.3 Å². The monoisotopic (exact) mass is 336 g/mol. The summed E-state index contributed by atoms with van der Waals surface area (Å²) in [6, 6.07) is 0. The van der Waals surface area contributed by atoms with Crippen LogP contribution in [0.1, 0.15) is 42.6 Å². The highest BCUT2D eigenvalue weighted by Gasteiger charge is 2.22. The van der Waals surface area contributed by atoms with Gasteiger partial charge >= 0.3 is 5.97 Å². The fourth-order valence-electron chi connectivity index (χ4n) is 2.28. The van der Waals surface area contributed by atoms with Crippen molar-refractivity contribution in [2.24, 2.45) is 5.92 Å². The number of carbonyl (C=O) groups is 1. The number of nitrogens with zero attached hydrogens (tertiary/aromatic N) is 1. The van der Waals surface area contributed by atoms with Crippen molar-refractivity contribution in [1.82, 2.24) is 4.98 Å². The fraction of sp³-hybridized carbons (Fsp3) is 0.538. The van der Waals surface area contributed by atoms with Gasteiger partial charge in [-0.15, -0.1) is 0 Å². The number of ether oxygens (including phenoxy) is 1. The predicted molar refractivity (Wildman–Crippen MR) is 80.5 cm³/mol. The standard InChI is InChI=1S/C13H15Cl3N2O2/c14-8-10(17)9(15)12(16)18-11(8)13(19)20-6-7-4-2-1-3-5-7/h7H,1-6H2,(H2,17,18). The first-order chi connectivity index (χ1) is 9.50. The van der Waals surface area contributed by atoms with Crippen LogP contribution in [0.5, 0.6) is 0 Å². The lowest BCUT2D eigenvalue weighted by molar-refractivity contribution is 0.0404. The van der Waals surface area contributed by atoms with Crippen molar-refractivity contribution in [1.29, 1.82) is 0 Å². The van der Waals surface area contributed by atoms with Crippen LogP contribution in [0.15, 0.2) is 0 Å². The Labute approximate surface area is 132 Å². The largest absolute Gasteiger partial charge is 0.461 e. The zero-order valence-corrected chi connectivity index (χ0v) is 13.1. The van der Waals surface area contributed by atoms with E-state index in [1.165, 1.54) is 19.3 Å². The predicted octanol–water partition coefficient (Wildman–Crippen LogP) is 4.36. The van der Waals surface area contributed by atoms with Crippen molar-refractivity contribution >= 4 is 46.5 Å². The number of anilines is 1. The number of hydrogen-bond acceptors (Lipinski definition) is 4. The molecular weight excluding hydrogens is 323 g/mol. The van der Waals surface area contributed by atoms with Crippen molar-refractivity contribution < 1.29 is 9.53 Å². The minimum Gasteiger partial charge on any atom is -0.461 e. The zero-order chi connectivity index (χ0) is 14.7. The molecule has 0 saturated heterocycles. The minimum atomic E-state index is -0.620. The van der Waals surface area contributed by atoms with Crippen LogP contribution >= 0.6 is 34.8 Å². The lowest BCUT2D eigenvalue weighted by atomic mass is 9.90. The first-order valence-corrected chi connectivity index (χ1v) is 7.61. The molecule has 0 atom stereocenters. The number of pyridine rings is 1. The van der Waals surface area contributed by atoms with E-state index in [9.17, 15) is 4.79 Å². The molecule has 0 amide bonds. The molecule has 1 aromatic rings. The number of esters is 1. The van der Waals surface area contributed by atoms with Crippen LogP contribution < -0.4 is 5.73 Å². The normalized spacial score (nSPS) is 16.1. The molecule has 1 aliphatic carbocycles. The summed E-state index contributed by atoms with van der Waals surface area (Å²) >= 11 is 17.6. The first-order valence-electron chi connectivity index (χ1n) is 6.47. The molecule has 2 N–H and O–H groups in total. The molecule has 0 spiro atoms. The zero-order valence-electron chi connectivity index (χ0n) is 10.8. The summed E-state index contributed by atoms with van der Waals surface area (Å²) in [5.74, 6) is -0.211. The molecule has 1 heterocycles. The third kappa shape index (κ3) is 3.48. The second kappa shape index (κ2) is 6.83. The summed E-state index contributed by atoms with van der Waals surface area (Å²) in [5, 5.41) is -0.0354. The number of carbonyl (C=O) groups excluding carboxylic acids is 1. The van der Waals surface area contributed by atoms with E-state index < -0.39 is 5.97 Å². The molecule has 1 aromatic heterocycles. The molecule has 20 heavy (non-hydrogen) atoms. The van der Waals surface area contributed by atoms with Gasteiger partial charge in [0, 0.05) is 0 Å². The Balaban J connectivity index is 2.05. The van der Waals surface area contributed by atoms with E-state index in [1.807, 2.05) is 0 Å². The Morgan fingerprint density at radius 3 is 2.50 bits per heavy atom. The van der Waals surface area contributed by atoms with E-state index in [0.717, 1.165) is 12.8 Å². The third-order valence-corrected chi connectivity index (χ3v) is 4.58. The molecule has 7 heteroatoms. The molecule has 110 valence electrons. The Bertz CT molecular complexity index is 517. The molecule has 0 bridgehead atoms. The number of nitrogen functional groups attached to an aromatic ring is 1. The number of nitrogens with two attached hydrogens (primary N) is 1. The van der Waals surface area contributed by atoms with Crippen molar-refractivity contribution in [3.05, 3.63) is 20.9 Å². The minimum absolute atomic E-state index is 0.0203. The second-order valence-corrected chi connectivity index (χ2v) is 6.01. The Kier molecular flexibility index (Phi) is 5.35. The van der Waals surface area contributed by atoms with Crippen LogP contribution in [0, 0.1) is 5.92 Å². The highest BCUT2D eigenvalue weighted by molar-refractivity contribution is 6.46. The van der Waals surface area contributed by atoms with E-state index in [2.05, 4.69) is 4.98 Å². The van der Waals surface area contributed by atoms with Crippen LogP contribution in [0.2, 0.25) is 15.2 Å². The van der Waals surface area contributed by atoms with Gasteiger partial charge in [-0.05, 0) is 18.8 Å². The van der Waals surface area contributed by atoms with Gasteiger partial charge in [-0.3, -0.25) is 0 Å². The summed E-state index contributed by atoms with van der Waals surface area (Å²) in [7, 11) is 0. The smallest absolute Gasteiger partial charge is 0.358 e.